The average Bonchev–Trinajstić information content (AvgIpc) is 3.02. The van der Waals surface area contributed by atoms with Crippen LogP contribution < -0.4 is 5.32 Å². The zero-order valence-electron chi connectivity index (χ0n) is 15.3. The third-order valence-electron chi connectivity index (χ3n) is 5.46. The minimum absolute atomic E-state index is 0.0377. The first kappa shape index (κ1) is 18.4. The van der Waals surface area contributed by atoms with Crippen molar-refractivity contribution in [2.75, 3.05) is 25.0 Å². The molecule has 5 nitrogen and oxygen atoms in total. The number of rotatable bonds is 2. The predicted molar refractivity (Wildman–Crippen MR) is 101 cm³/mol. The van der Waals surface area contributed by atoms with E-state index in [2.05, 4.69) is 5.32 Å². The van der Waals surface area contributed by atoms with Crippen LogP contribution in [0.25, 0.3) is 0 Å². The first-order valence-corrected chi connectivity index (χ1v) is 9.38. The standard InChI is InChI=1S/C21H21F2N3O2/c22-16-7-9-19(18(23)10-16)24-21(28)26-12-14-6-8-17(26)13-25(11-14)20(27)15-4-2-1-3-5-15/h1-5,7,9-10,14,17H,6,8,11-13H2,(H,24,28)/t14-,17+/m0/s1. The Kier molecular flexibility index (Phi) is 4.98. The van der Waals surface area contributed by atoms with Crippen molar-refractivity contribution in [3.63, 3.8) is 0 Å². The van der Waals surface area contributed by atoms with E-state index in [-0.39, 0.29) is 23.6 Å². The Morgan fingerprint density at radius 3 is 2.50 bits per heavy atom. The van der Waals surface area contributed by atoms with Crippen LogP contribution in [0.4, 0.5) is 19.3 Å². The van der Waals surface area contributed by atoms with Crippen molar-refractivity contribution in [1.82, 2.24) is 9.80 Å². The summed E-state index contributed by atoms with van der Waals surface area (Å²) in [6.45, 7) is 1.56. The molecule has 3 aliphatic rings. The molecule has 3 fully saturated rings. The predicted octanol–water partition coefficient (Wildman–Crippen LogP) is 3.73. The summed E-state index contributed by atoms with van der Waals surface area (Å²) in [6.07, 6.45) is 1.74. The Bertz CT molecular complexity index is 890. The Hall–Kier alpha value is -2.96. The van der Waals surface area contributed by atoms with Gasteiger partial charge < -0.3 is 15.1 Å². The van der Waals surface area contributed by atoms with Gasteiger partial charge in [-0.2, -0.15) is 0 Å². The normalized spacial score (nSPS) is 21.4. The number of nitrogens with one attached hydrogen (secondary N) is 1. The lowest BCUT2D eigenvalue weighted by molar-refractivity contribution is 0.0743. The highest BCUT2D eigenvalue weighted by Gasteiger charge is 2.39. The summed E-state index contributed by atoms with van der Waals surface area (Å²) in [6, 6.07) is 11.6. The van der Waals surface area contributed by atoms with Gasteiger partial charge in [0, 0.05) is 31.3 Å². The van der Waals surface area contributed by atoms with Gasteiger partial charge in [0.15, 0.2) is 0 Å². The first-order valence-electron chi connectivity index (χ1n) is 9.38. The number of fused-ring (bicyclic) bond motifs is 4. The molecule has 0 radical (unpaired) electrons. The van der Waals surface area contributed by atoms with Crippen LogP contribution in [0, 0.1) is 17.6 Å². The molecule has 0 unspecified atom stereocenters. The molecule has 2 bridgehead atoms. The number of anilines is 1. The highest BCUT2D eigenvalue weighted by atomic mass is 19.1. The van der Waals surface area contributed by atoms with Crippen molar-refractivity contribution in [2.24, 2.45) is 5.92 Å². The minimum atomic E-state index is -0.811. The highest BCUT2D eigenvalue weighted by molar-refractivity contribution is 5.94. The molecule has 3 amide bonds. The van der Waals surface area contributed by atoms with Gasteiger partial charge in [-0.25, -0.2) is 13.6 Å². The van der Waals surface area contributed by atoms with Crippen LogP contribution in [0.1, 0.15) is 23.2 Å². The number of hydrogen-bond donors (Lipinski definition) is 1. The molecule has 28 heavy (non-hydrogen) atoms. The number of nitrogens with zero attached hydrogens (tertiary/aromatic N) is 2. The van der Waals surface area contributed by atoms with Crippen molar-refractivity contribution < 1.29 is 18.4 Å². The average molecular weight is 385 g/mol. The van der Waals surface area contributed by atoms with Gasteiger partial charge in [-0.05, 0) is 43.0 Å². The molecule has 2 aromatic carbocycles. The lowest BCUT2D eigenvalue weighted by Crippen LogP contribution is -2.49. The summed E-state index contributed by atoms with van der Waals surface area (Å²) in [5.74, 6) is -1.37. The van der Waals surface area contributed by atoms with Crippen LogP contribution in [-0.2, 0) is 0 Å². The summed E-state index contributed by atoms with van der Waals surface area (Å²) in [7, 11) is 0. The second-order valence-corrected chi connectivity index (χ2v) is 7.38. The zero-order chi connectivity index (χ0) is 19.7. The topological polar surface area (TPSA) is 52.7 Å². The van der Waals surface area contributed by atoms with Gasteiger partial charge in [-0.15, -0.1) is 0 Å². The Morgan fingerprint density at radius 2 is 1.75 bits per heavy atom. The molecule has 0 spiro atoms. The Labute approximate surface area is 161 Å². The number of halogens is 2. The van der Waals surface area contributed by atoms with Gasteiger partial charge in [0.25, 0.3) is 5.91 Å². The quantitative estimate of drug-likeness (QED) is 0.856. The van der Waals surface area contributed by atoms with E-state index in [0.29, 0.717) is 25.2 Å². The number of carbonyl (C=O) groups is 2. The highest BCUT2D eigenvalue weighted by Crippen LogP contribution is 2.29. The SMILES string of the molecule is O=C(c1ccccc1)N1C[C@@H]2CC[C@H](C1)N(C(=O)Nc1ccc(F)cc1F)C2. The van der Waals surface area contributed by atoms with Gasteiger partial charge in [-0.3, -0.25) is 4.79 Å². The van der Waals surface area contributed by atoms with Gasteiger partial charge in [0.05, 0.1) is 11.7 Å². The summed E-state index contributed by atoms with van der Waals surface area (Å²) >= 11 is 0. The fourth-order valence-electron chi connectivity index (χ4n) is 4.04. The largest absolute Gasteiger partial charge is 0.336 e. The molecule has 146 valence electrons. The second-order valence-electron chi connectivity index (χ2n) is 7.38. The monoisotopic (exact) mass is 385 g/mol. The Balaban J connectivity index is 1.48. The smallest absolute Gasteiger partial charge is 0.322 e. The lowest BCUT2D eigenvalue weighted by Gasteiger charge is -2.36. The van der Waals surface area contributed by atoms with Crippen molar-refractivity contribution in [2.45, 2.75) is 18.9 Å². The van der Waals surface area contributed by atoms with Crippen LogP contribution in [0.5, 0.6) is 0 Å². The van der Waals surface area contributed by atoms with Crippen molar-refractivity contribution in [1.29, 1.82) is 0 Å². The maximum atomic E-state index is 13.9. The molecular formula is C21H21F2N3O2. The summed E-state index contributed by atoms with van der Waals surface area (Å²) < 4.78 is 26.9. The molecule has 3 aliphatic heterocycles. The molecule has 0 aromatic heterocycles. The third-order valence-corrected chi connectivity index (χ3v) is 5.46. The van der Waals surface area contributed by atoms with Crippen molar-refractivity contribution >= 4 is 17.6 Å². The molecule has 2 aromatic rings. The van der Waals surface area contributed by atoms with Crippen LogP contribution >= 0.6 is 0 Å². The van der Waals surface area contributed by atoms with E-state index in [4.69, 9.17) is 0 Å². The number of hydrogen-bond acceptors (Lipinski definition) is 2. The maximum absolute atomic E-state index is 13.9. The molecule has 0 saturated carbocycles. The fraction of sp³-hybridized carbons (Fsp3) is 0.333. The lowest BCUT2D eigenvalue weighted by atomic mass is 9.95. The van der Waals surface area contributed by atoms with E-state index >= 15 is 0 Å². The number of carbonyl (C=O) groups excluding carboxylic acids is 2. The van der Waals surface area contributed by atoms with Crippen molar-refractivity contribution in [3.05, 3.63) is 65.7 Å². The summed E-state index contributed by atoms with van der Waals surface area (Å²) in [4.78, 5) is 29.1. The summed E-state index contributed by atoms with van der Waals surface area (Å²) in [5.41, 5.74) is 0.580. The van der Waals surface area contributed by atoms with Gasteiger partial charge >= 0.3 is 6.03 Å². The number of piperidine rings is 1. The number of benzene rings is 2. The molecule has 0 aliphatic carbocycles. The van der Waals surface area contributed by atoms with Gasteiger partial charge in [0.1, 0.15) is 11.6 Å². The molecule has 1 N–H and O–H groups in total. The van der Waals surface area contributed by atoms with Crippen LogP contribution in [-0.4, -0.2) is 47.4 Å². The van der Waals surface area contributed by atoms with E-state index in [1.54, 1.807) is 17.0 Å². The number of urea groups is 1. The fourth-order valence-corrected chi connectivity index (χ4v) is 4.04. The Morgan fingerprint density at radius 1 is 0.964 bits per heavy atom. The van der Waals surface area contributed by atoms with Crippen molar-refractivity contribution in [3.8, 4) is 0 Å². The van der Waals surface area contributed by atoms with Crippen LogP contribution in [0.2, 0.25) is 0 Å². The van der Waals surface area contributed by atoms with Crippen LogP contribution in [0.15, 0.2) is 48.5 Å². The van der Waals surface area contributed by atoms with Gasteiger partial charge in [-0.1, -0.05) is 18.2 Å². The van der Waals surface area contributed by atoms with E-state index < -0.39 is 17.7 Å². The first-order chi connectivity index (χ1) is 13.5. The molecule has 3 heterocycles. The number of amides is 3. The summed E-state index contributed by atoms with van der Waals surface area (Å²) in [5, 5.41) is 2.54. The van der Waals surface area contributed by atoms with E-state index in [1.165, 1.54) is 6.07 Å². The maximum Gasteiger partial charge on any atom is 0.322 e. The minimum Gasteiger partial charge on any atom is -0.336 e. The molecule has 5 rings (SSSR count). The molecular weight excluding hydrogens is 364 g/mol. The molecule has 7 heteroatoms. The van der Waals surface area contributed by atoms with E-state index in [1.807, 2.05) is 23.1 Å². The van der Waals surface area contributed by atoms with Gasteiger partial charge in [0.2, 0.25) is 0 Å². The van der Waals surface area contributed by atoms with E-state index in [9.17, 15) is 18.4 Å². The second kappa shape index (κ2) is 7.58. The van der Waals surface area contributed by atoms with Crippen LogP contribution in [0.3, 0.4) is 0 Å². The third kappa shape index (κ3) is 3.69. The molecule has 3 saturated heterocycles. The van der Waals surface area contributed by atoms with E-state index in [0.717, 1.165) is 25.0 Å². The zero-order valence-corrected chi connectivity index (χ0v) is 15.3. The molecule has 2 atom stereocenters.